The van der Waals surface area contributed by atoms with Crippen LogP contribution in [0.3, 0.4) is 0 Å². The van der Waals surface area contributed by atoms with Gasteiger partial charge in [-0.1, -0.05) is 0 Å². The molecule has 6 rings (SSSR count). The first kappa shape index (κ1) is 27.9. The summed E-state index contributed by atoms with van der Waals surface area (Å²) < 4.78 is 0. The van der Waals surface area contributed by atoms with Gasteiger partial charge in [-0.3, -0.25) is 34.3 Å². The minimum absolute atomic E-state index is 0.100. The molecule has 2 N–H and O–H groups in total. The predicted molar refractivity (Wildman–Crippen MR) is 155 cm³/mol. The summed E-state index contributed by atoms with van der Waals surface area (Å²) in [6.45, 7) is 6.48. The maximum atomic E-state index is 13.2. The number of carboxylic acid groups (broad SMARTS) is 1. The Morgan fingerprint density at radius 1 is 0.786 bits per heavy atom. The minimum Gasteiger partial charge on any atom is -0.478 e. The second kappa shape index (κ2) is 11.6. The Labute approximate surface area is 244 Å². The summed E-state index contributed by atoms with van der Waals surface area (Å²) >= 11 is 0. The summed E-state index contributed by atoms with van der Waals surface area (Å²) in [6, 6.07) is 11.5. The van der Waals surface area contributed by atoms with Gasteiger partial charge in [-0.25, -0.2) is 4.79 Å². The molecule has 4 aliphatic heterocycles. The molecule has 1 atom stereocenters. The van der Waals surface area contributed by atoms with E-state index in [4.69, 9.17) is 5.11 Å². The Balaban J connectivity index is 0.977. The lowest BCUT2D eigenvalue weighted by molar-refractivity contribution is -0.136. The summed E-state index contributed by atoms with van der Waals surface area (Å²) in [5, 5.41) is 11.3. The zero-order valence-electron chi connectivity index (χ0n) is 23.5. The molecule has 11 nitrogen and oxygen atoms in total. The number of nitrogens with zero attached hydrogens (tertiary/aromatic N) is 4. The summed E-state index contributed by atoms with van der Waals surface area (Å²) in [5.41, 5.74) is 2.90. The van der Waals surface area contributed by atoms with Crippen molar-refractivity contribution in [2.45, 2.75) is 38.1 Å². The summed E-state index contributed by atoms with van der Waals surface area (Å²) in [5.74, 6) is -2.18. The molecule has 0 aliphatic carbocycles. The highest BCUT2D eigenvalue weighted by Crippen LogP contribution is 2.31. The molecule has 0 bridgehead atoms. The second-order valence-electron chi connectivity index (χ2n) is 11.6. The molecule has 2 aromatic rings. The Hall–Kier alpha value is -4.25. The van der Waals surface area contributed by atoms with Crippen LogP contribution in [0.5, 0.6) is 0 Å². The lowest BCUT2D eigenvalue weighted by atomic mass is 9.93. The number of piperidine rings is 2. The Kier molecular flexibility index (Phi) is 7.68. The Bertz CT molecular complexity index is 1410. The van der Waals surface area contributed by atoms with Gasteiger partial charge in [0.2, 0.25) is 11.8 Å². The van der Waals surface area contributed by atoms with Gasteiger partial charge in [-0.2, -0.15) is 0 Å². The molecular formula is C31H35N5O6. The normalized spacial score (nSPS) is 22.0. The van der Waals surface area contributed by atoms with Crippen molar-refractivity contribution in [1.29, 1.82) is 0 Å². The average molecular weight is 574 g/mol. The van der Waals surface area contributed by atoms with E-state index in [0.29, 0.717) is 22.6 Å². The Morgan fingerprint density at radius 3 is 2.10 bits per heavy atom. The fraction of sp³-hybridized carbons (Fsp3) is 0.452. The highest BCUT2D eigenvalue weighted by molar-refractivity contribution is 6.23. The number of nitrogens with one attached hydrogen (secondary N) is 1. The van der Waals surface area contributed by atoms with Crippen LogP contribution in [0.4, 0.5) is 11.4 Å². The number of piperazine rings is 1. The van der Waals surface area contributed by atoms with Crippen LogP contribution >= 0.6 is 0 Å². The molecule has 1 unspecified atom stereocenters. The smallest absolute Gasteiger partial charge is 0.335 e. The maximum Gasteiger partial charge on any atom is 0.335 e. The fourth-order valence-corrected chi connectivity index (χ4v) is 6.55. The second-order valence-corrected chi connectivity index (χ2v) is 11.6. The fourth-order valence-electron chi connectivity index (χ4n) is 6.55. The number of amides is 4. The topological polar surface area (TPSA) is 131 Å². The van der Waals surface area contributed by atoms with Gasteiger partial charge in [0.05, 0.1) is 16.7 Å². The van der Waals surface area contributed by atoms with E-state index in [0.717, 1.165) is 81.4 Å². The third kappa shape index (κ3) is 5.48. The van der Waals surface area contributed by atoms with E-state index in [9.17, 15) is 24.0 Å². The highest BCUT2D eigenvalue weighted by Gasteiger charge is 2.44. The standard InChI is InChI=1S/C31H35N5O6/c37-27-8-7-26(28(38)32-27)36-29(39)24-6-5-23(19-25(24)30(36)40)35-17-15-33(16-18-35)12-9-20-10-13-34(14-11-20)22-3-1-21(2-4-22)31(41)42/h1-6,19-20,26H,7-18H2,(H,41,42)(H,32,37,38). The molecule has 42 heavy (non-hydrogen) atoms. The number of carbonyl (C=O) groups excluding carboxylic acids is 4. The van der Waals surface area contributed by atoms with Gasteiger partial charge >= 0.3 is 5.97 Å². The number of carbonyl (C=O) groups is 5. The van der Waals surface area contributed by atoms with E-state index in [-0.39, 0.29) is 18.7 Å². The number of benzene rings is 2. The number of aromatic carboxylic acids is 1. The molecule has 4 aliphatic rings. The molecule has 0 aromatic heterocycles. The van der Waals surface area contributed by atoms with Crippen molar-refractivity contribution in [3.8, 4) is 0 Å². The van der Waals surface area contributed by atoms with E-state index in [2.05, 4.69) is 20.0 Å². The average Bonchev–Trinajstić information content (AvgIpc) is 3.25. The first-order valence-corrected chi connectivity index (χ1v) is 14.7. The summed E-state index contributed by atoms with van der Waals surface area (Å²) in [7, 11) is 0. The summed E-state index contributed by atoms with van der Waals surface area (Å²) in [4.78, 5) is 69.2. The number of carboxylic acids is 1. The first-order chi connectivity index (χ1) is 20.3. The summed E-state index contributed by atoms with van der Waals surface area (Å²) in [6.07, 6.45) is 3.64. The van der Waals surface area contributed by atoms with E-state index >= 15 is 0 Å². The molecule has 3 fully saturated rings. The minimum atomic E-state index is -0.959. The zero-order chi connectivity index (χ0) is 29.4. The monoisotopic (exact) mass is 573 g/mol. The number of hydrogen-bond donors (Lipinski definition) is 2. The van der Waals surface area contributed by atoms with E-state index in [1.807, 2.05) is 18.2 Å². The zero-order valence-corrected chi connectivity index (χ0v) is 23.5. The molecule has 0 spiro atoms. The third-order valence-electron chi connectivity index (χ3n) is 9.11. The molecule has 220 valence electrons. The van der Waals surface area contributed by atoms with Crippen LogP contribution in [-0.2, 0) is 9.59 Å². The van der Waals surface area contributed by atoms with Crippen LogP contribution in [0.2, 0.25) is 0 Å². The Morgan fingerprint density at radius 2 is 1.43 bits per heavy atom. The number of hydrogen-bond acceptors (Lipinski definition) is 8. The molecule has 4 heterocycles. The first-order valence-electron chi connectivity index (χ1n) is 14.7. The van der Waals surface area contributed by atoms with Crippen LogP contribution < -0.4 is 15.1 Å². The van der Waals surface area contributed by atoms with Crippen LogP contribution in [0, 0.1) is 5.92 Å². The number of rotatable bonds is 7. The van der Waals surface area contributed by atoms with Crippen LogP contribution in [0.15, 0.2) is 42.5 Å². The lowest BCUT2D eigenvalue weighted by Crippen LogP contribution is -2.54. The van der Waals surface area contributed by atoms with Crippen molar-refractivity contribution < 1.29 is 29.1 Å². The highest BCUT2D eigenvalue weighted by atomic mass is 16.4. The van der Waals surface area contributed by atoms with Crippen LogP contribution in [0.25, 0.3) is 0 Å². The number of fused-ring (bicyclic) bond motifs is 1. The van der Waals surface area contributed by atoms with Crippen LogP contribution in [-0.4, -0.2) is 96.4 Å². The SMILES string of the molecule is O=C1CCC(N2C(=O)c3ccc(N4CCN(CCC5CCN(c6ccc(C(=O)O)cc6)CC5)CC4)cc3C2=O)C(=O)N1. The lowest BCUT2D eigenvalue weighted by Gasteiger charge is -2.38. The van der Waals surface area contributed by atoms with Gasteiger partial charge in [0.1, 0.15) is 6.04 Å². The van der Waals surface area contributed by atoms with Crippen molar-refractivity contribution in [1.82, 2.24) is 15.1 Å². The third-order valence-corrected chi connectivity index (χ3v) is 9.11. The van der Waals surface area contributed by atoms with Gasteiger partial charge in [-0.15, -0.1) is 0 Å². The molecule has 11 heteroatoms. The van der Waals surface area contributed by atoms with E-state index in [1.54, 1.807) is 24.3 Å². The molecule has 4 amide bonds. The van der Waals surface area contributed by atoms with Gasteiger partial charge in [0.15, 0.2) is 0 Å². The van der Waals surface area contributed by atoms with Gasteiger partial charge in [-0.05, 0) is 80.6 Å². The quantitative estimate of drug-likeness (QED) is 0.479. The maximum absolute atomic E-state index is 13.2. The predicted octanol–water partition coefficient (Wildman–Crippen LogP) is 2.21. The van der Waals surface area contributed by atoms with Crippen molar-refractivity contribution in [3.63, 3.8) is 0 Å². The van der Waals surface area contributed by atoms with Crippen molar-refractivity contribution in [2.24, 2.45) is 5.92 Å². The number of imide groups is 2. The van der Waals surface area contributed by atoms with Crippen LogP contribution in [0.1, 0.15) is 63.2 Å². The molecule has 0 saturated carbocycles. The van der Waals surface area contributed by atoms with E-state index < -0.39 is 29.7 Å². The number of anilines is 2. The molecule has 3 saturated heterocycles. The van der Waals surface area contributed by atoms with Gasteiger partial charge in [0, 0.05) is 57.1 Å². The largest absolute Gasteiger partial charge is 0.478 e. The van der Waals surface area contributed by atoms with Gasteiger partial charge in [0.25, 0.3) is 11.8 Å². The molecular weight excluding hydrogens is 538 g/mol. The van der Waals surface area contributed by atoms with Crippen molar-refractivity contribution >= 4 is 41.0 Å². The van der Waals surface area contributed by atoms with Crippen molar-refractivity contribution in [2.75, 3.05) is 55.6 Å². The van der Waals surface area contributed by atoms with Gasteiger partial charge < -0.3 is 14.9 Å². The molecule has 0 radical (unpaired) electrons. The van der Waals surface area contributed by atoms with Crippen molar-refractivity contribution in [3.05, 3.63) is 59.2 Å². The molecule has 2 aromatic carbocycles. The van der Waals surface area contributed by atoms with E-state index in [1.165, 1.54) is 0 Å².